The molecule has 1 aliphatic rings. The summed E-state index contributed by atoms with van der Waals surface area (Å²) < 4.78 is 6.71. The second-order valence-electron chi connectivity index (χ2n) is 5.63. The second-order valence-corrected chi connectivity index (χ2v) is 7.39. The van der Waals surface area contributed by atoms with Gasteiger partial charge in [0.1, 0.15) is 0 Å². The molecule has 1 fully saturated rings. The third-order valence-electron chi connectivity index (χ3n) is 2.44. The third kappa shape index (κ3) is 4.15. The van der Waals surface area contributed by atoms with Crippen molar-refractivity contribution in [2.24, 2.45) is 5.41 Å². The minimum Gasteiger partial charge on any atom is -0.375 e. The van der Waals surface area contributed by atoms with Crippen LogP contribution in [0.2, 0.25) is 0 Å². The zero-order valence-electron chi connectivity index (χ0n) is 9.19. The van der Waals surface area contributed by atoms with Gasteiger partial charge in [0.2, 0.25) is 0 Å². The van der Waals surface area contributed by atoms with Crippen molar-refractivity contribution in [2.75, 3.05) is 6.61 Å². The molecule has 1 nitrogen and oxygen atoms in total. The number of ether oxygens (including phenoxy) is 1. The van der Waals surface area contributed by atoms with Crippen molar-refractivity contribution in [1.82, 2.24) is 0 Å². The van der Waals surface area contributed by atoms with Crippen molar-refractivity contribution in [3.63, 3.8) is 0 Å². The molecule has 1 aliphatic heterocycles. The predicted molar refractivity (Wildman–Crippen MR) is 65.5 cm³/mol. The molecule has 2 heteroatoms. The third-order valence-corrected chi connectivity index (χ3v) is 3.50. The molecular formula is C11H21IO. The number of halogens is 1. The summed E-state index contributed by atoms with van der Waals surface area (Å²) in [6.45, 7) is 10.1. The van der Waals surface area contributed by atoms with Gasteiger partial charge >= 0.3 is 0 Å². The average Bonchev–Trinajstić information content (AvgIpc) is 1.79. The van der Waals surface area contributed by atoms with Gasteiger partial charge in [-0.25, -0.2) is 0 Å². The maximum absolute atomic E-state index is 5.91. The van der Waals surface area contributed by atoms with E-state index in [0.717, 1.165) is 10.5 Å². The van der Waals surface area contributed by atoms with Gasteiger partial charge in [-0.15, -0.1) is 0 Å². The summed E-state index contributed by atoms with van der Waals surface area (Å²) >= 11 is 2.55. The van der Waals surface area contributed by atoms with Crippen LogP contribution in [0, 0.1) is 5.41 Å². The van der Waals surface area contributed by atoms with E-state index in [-0.39, 0.29) is 5.60 Å². The molecular weight excluding hydrogens is 275 g/mol. The first-order chi connectivity index (χ1) is 5.81. The molecule has 1 unspecified atom stereocenters. The van der Waals surface area contributed by atoms with Crippen LogP contribution in [-0.4, -0.2) is 16.1 Å². The maximum Gasteiger partial charge on any atom is 0.0669 e. The van der Waals surface area contributed by atoms with E-state index in [4.69, 9.17) is 4.74 Å². The minimum atomic E-state index is 0.127. The van der Waals surface area contributed by atoms with Crippen LogP contribution in [-0.2, 0) is 4.74 Å². The van der Waals surface area contributed by atoms with E-state index in [1.165, 1.54) is 19.3 Å². The Bertz CT molecular complexity index is 173. The molecule has 0 amide bonds. The van der Waals surface area contributed by atoms with Crippen LogP contribution in [0.1, 0.15) is 47.0 Å². The van der Waals surface area contributed by atoms with E-state index >= 15 is 0 Å². The molecule has 0 aromatic heterocycles. The molecule has 0 radical (unpaired) electrons. The first-order valence-electron chi connectivity index (χ1n) is 5.09. The highest BCUT2D eigenvalue weighted by molar-refractivity contribution is 14.1. The van der Waals surface area contributed by atoms with Crippen LogP contribution < -0.4 is 0 Å². The summed E-state index contributed by atoms with van der Waals surface area (Å²) in [6.07, 6.45) is 3.60. The molecule has 13 heavy (non-hydrogen) atoms. The lowest BCUT2D eigenvalue weighted by Gasteiger charge is -2.40. The SMILES string of the molecule is CC(C)(C)CC1(C)C[C@H](I)CCO1. The van der Waals surface area contributed by atoms with Gasteiger partial charge in [-0.05, 0) is 31.6 Å². The Morgan fingerprint density at radius 1 is 1.46 bits per heavy atom. The van der Waals surface area contributed by atoms with E-state index in [1.807, 2.05) is 0 Å². The van der Waals surface area contributed by atoms with Crippen LogP contribution in [0.5, 0.6) is 0 Å². The van der Waals surface area contributed by atoms with Gasteiger partial charge in [-0.1, -0.05) is 43.4 Å². The number of rotatable bonds is 1. The van der Waals surface area contributed by atoms with Crippen LogP contribution in [0.25, 0.3) is 0 Å². The summed E-state index contributed by atoms with van der Waals surface area (Å²) in [5.41, 5.74) is 0.505. The molecule has 0 aromatic rings. The largest absolute Gasteiger partial charge is 0.375 e. The lowest BCUT2D eigenvalue weighted by molar-refractivity contribution is -0.0827. The Labute approximate surface area is 95.8 Å². The normalized spacial score (nSPS) is 36.2. The number of alkyl halides is 1. The van der Waals surface area contributed by atoms with Gasteiger partial charge in [-0.2, -0.15) is 0 Å². The molecule has 1 saturated heterocycles. The Morgan fingerprint density at radius 2 is 2.08 bits per heavy atom. The molecule has 0 spiro atoms. The van der Waals surface area contributed by atoms with E-state index < -0.39 is 0 Å². The number of hydrogen-bond acceptors (Lipinski definition) is 1. The Morgan fingerprint density at radius 3 is 2.54 bits per heavy atom. The van der Waals surface area contributed by atoms with E-state index in [9.17, 15) is 0 Å². The summed E-state index contributed by atoms with van der Waals surface area (Å²) in [5, 5.41) is 0. The highest BCUT2D eigenvalue weighted by Crippen LogP contribution is 2.37. The van der Waals surface area contributed by atoms with Gasteiger partial charge < -0.3 is 4.74 Å². The Balaban J connectivity index is 2.54. The van der Waals surface area contributed by atoms with Gasteiger partial charge in [-0.3, -0.25) is 0 Å². The lowest BCUT2D eigenvalue weighted by Crippen LogP contribution is -2.40. The van der Waals surface area contributed by atoms with Gasteiger partial charge in [0, 0.05) is 10.5 Å². The standard InChI is InChI=1S/C11H21IO/c1-10(2,3)8-11(4)7-9(12)5-6-13-11/h9H,5-8H2,1-4H3/t9-,11?/m1/s1. The van der Waals surface area contributed by atoms with Gasteiger partial charge in [0.25, 0.3) is 0 Å². The molecule has 2 atom stereocenters. The molecule has 0 bridgehead atoms. The topological polar surface area (TPSA) is 9.23 Å². The predicted octanol–water partition coefficient (Wildman–Crippen LogP) is 3.80. The van der Waals surface area contributed by atoms with Crippen LogP contribution in [0.4, 0.5) is 0 Å². The zero-order valence-corrected chi connectivity index (χ0v) is 11.3. The molecule has 1 rings (SSSR count). The quantitative estimate of drug-likeness (QED) is 0.528. The van der Waals surface area contributed by atoms with Crippen LogP contribution in [0.15, 0.2) is 0 Å². The van der Waals surface area contributed by atoms with Crippen molar-refractivity contribution < 1.29 is 4.74 Å². The fraction of sp³-hybridized carbons (Fsp3) is 1.00. The van der Waals surface area contributed by atoms with Crippen molar-refractivity contribution in [3.05, 3.63) is 0 Å². The van der Waals surface area contributed by atoms with Crippen molar-refractivity contribution in [2.45, 2.75) is 56.5 Å². The van der Waals surface area contributed by atoms with Crippen molar-refractivity contribution >= 4 is 22.6 Å². The number of hydrogen-bond donors (Lipinski definition) is 0. The fourth-order valence-corrected chi connectivity index (χ4v) is 3.49. The molecule has 0 N–H and O–H groups in total. The maximum atomic E-state index is 5.91. The fourth-order valence-electron chi connectivity index (χ4n) is 2.31. The van der Waals surface area contributed by atoms with Gasteiger partial charge in [0.15, 0.2) is 0 Å². The average molecular weight is 296 g/mol. The van der Waals surface area contributed by atoms with Crippen LogP contribution in [0.3, 0.4) is 0 Å². The lowest BCUT2D eigenvalue weighted by atomic mass is 9.79. The smallest absolute Gasteiger partial charge is 0.0669 e. The highest BCUT2D eigenvalue weighted by atomic mass is 127. The molecule has 0 aliphatic carbocycles. The first-order valence-corrected chi connectivity index (χ1v) is 6.33. The van der Waals surface area contributed by atoms with E-state index in [1.54, 1.807) is 0 Å². The van der Waals surface area contributed by atoms with E-state index in [0.29, 0.717) is 5.41 Å². The summed E-state index contributed by atoms with van der Waals surface area (Å²) in [7, 11) is 0. The van der Waals surface area contributed by atoms with Gasteiger partial charge in [0.05, 0.1) is 5.60 Å². The summed E-state index contributed by atoms with van der Waals surface area (Å²) in [6, 6.07) is 0. The monoisotopic (exact) mass is 296 g/mol. The summed E-state index contributed by atoms with van der Waals surface area (Å²) in [5.74, 6) is 0. The molecule has 0 saturated carbocycles. The summed E-state index contributed by atoms with van der Waals surface area (Å²) in [4.78, 5) is 0. The zero-order chi connectivity index (χ0) is 10.1. The van der Waals surface area contributed by atoms with Crippen molar-refractivity contribution in [1.29, 1.82) is 0 Å². The highest BCUT2D eigenvalue weighted by Gasteiger charge is 2.35. The Kier molecular flexibility index (Phi) is 3.67. The second kappa shape index (κ2) is 4.05. The molecule has 78 valence electrons. The van der Waals surface area contributed by atoms with Crippen LogP contribution >= 0.6 is 22.6 Å². The Hall–Kier alpha value is 0.690. The van der Waals surface area contributed by atoms with Crippen molar-refractivity contribution in [3.8, 4) is 0 Å². The first kappa shape index (κ1) is 11.8. The minimum absolute atomic E-state index is 0.127. The molecule has 1 heterocycles. The molecule has 0 aromatic carbocycles. The van der Waals surface area contributed by atoms with E-state index in [2.05, 4.69) is 50.3 Å².